The van der Waals surface area contributed by atoms with Crippen molar-refractivity contribution in [2.45, 2.75) is 13.5 Å². The zero-order valence-electron chi connectivity index (χ0n) is 13.5. The number of aromatic nitrogens is 2. The van der Waals surface area contributed by atoms with Crippen molar-refractivity contribution >= 4 is 17.3 Å². The van der Waals surface area contributed by atoms with E-state index in [2.05, 4.69) is 10.4 Å². The lowest BCUT2D eigenvalue weighted by Crippen LogP contribution is -2.12. The van der Waals surface area contributed by atoms with Crippen molar-refractivity contribution in [2.24, 2.45) is 0 Å². The molecule has 0 fully saturated rings. The molecular formula is C18H16N4O3. The van der Waals surface area contributed by atoms with Gasteiger partial charge in [0.1, 0.15) is 0 Å². The smallest absolute Gasteiger partial charge is 0.273 e. The number of carbonyl (C=O) groups is 1. The van der Waals surface area contributed by atoms with Crippen LogP contribution in [0.2, 0.25) is 0 Å². The second kappa shape index (κ2) is 6.96. The predicted molar refractivity (Wildman–Crippen MR) is 93.6 cm³/mol. The van der Waals surface area contributed by atoms with E-state index in [0.29, 0.717) is 17.8 Å². The maximum Gasteiger partial charge on any atom is 0.273 e. The van der Waals surface area contributed by atoms with E-state index >= 15 is 0 Å². The summed E-state index contributed by atoms with van der Waals surface area (Å²) in [7, 11) is 0. The standard InChI is InChI=1S/C18H16N4O3/c1-13-6-7-15(11-17(13)22(24)25)18(23)20-16-5-2-4-14(10-16)12-21-9-3-8-19-21/h2-11H,12H2,1H3,(H,20,23). The normalized spacial score (nSPS) is 10.4. The van der Waals surface area contributed by atoms with Crippen molar-refractivity contribution in [2.75, 3.05) is 5.32 Å². The SMILES string of the molecule is Cc1ccc(C(=O)Nc2cccc(Cn3cccn3)c2)cc1[N+](=O)[O-]. The first-order valence-corrected chi connectivity index (χ1v) is 7.66. The lowest BCUT2D eigenvalue weighted by molar-refractivity contribution is -0.385. The van der Waals surface area contributed by atoms with Crippen molar-refractivity contribution in [3.05, 3.63) is 87.7 Å². The van der Waals surface area contributed by atoms with E-state index in [0.717, 1.165) is 5.56 Å². The number of nitro benzene ring substituents is 1. The molecule has 1 amide bonds. The molecule has 0 aliphatic carbocycles. The highest BCUT2D eigenvalue weighted by molar-refractivity contribution is 6.04. The number of hydrogen-bond acceptors (Lipinski definition) is 4. The van der Waals surface area contributed by atoms with E-state index in [9.17, 15) is 14.9 Å². The molecule has 1 heterocycles. The van der Waals surface area contributed by atoms with E-state index in [-0.39, 0.29) is 17.2 Å². The Labute approximate surface area is 144 Å². The lowest BCUT2D eigenvalue weighted by Gasteiger charge is -2.08. The first kappa shape index (κ1) is 16.4. The molecule has 126 valence electrons. The molecule has 1 N–H and O–H groups in total. The molecule has 0 aliphatic rings. The van der Waals surface area contributed by atoms with E-state index in [4.69, 9.17) is 0 Å². The molecule has 0 bridgehead atoms. The van der Waals surface area contributed by atoms with E-state index in [1.54, 1.807) is 36.0 Å². The minimum absolute atomic E-state index is 0.0694. The molecule has 7 heteroatoms. The monoisotopic (exact) mass is 336 g/mol. The maximum absolute atomic E-state index is 12.4. The van der Waals surface area contributed by atoms with Crippen LogP contribution in [0.5, 0.6) is 0 Å². The van der Waals surface area contributed by atoms with Gasteiger partial charge in [0.15, 0.2) is 0 Å². The van der Waals surface area contributed by atoms with Gasteiger partial charge in [-0.25, -0.2) is 0 Å². The molecule has 0 atom stereocenters. The third-order valence-electron chi connectivity index (χ3n) is 3.76. The largest absolute Gasteiger partial charge is 0.322 e. The minimum atomic E-state index is -0.489. The topological polar surface area (TPSA) is 90.1 Å². The van der Waals surface area contributed by atoms with Crippen LogP contribution in [0.15, 0.2) is 60.9 Å². The summed E-state index contributed by atoms with van der Waals surface area (Å²) in [6.07, 6.45) is 3.56. The van der Waals surface area contributed by atoms with Crippen molar-refractivity contribution < 1.29 is 9.72 Å². The Bertz CT molecular complexity index is 920. The molecule has 0 saturated carbocycles. The van der Waals surface area contributed by atoms with Crippen molar-refractivity contribution in [1.29, 1.82) is 0 Å². The van der Waals surface area contributed by atoms with Crippen LogP contribution in [-0.4, -0.2) is 20.6 Å². The summed E-state index contributed by atoms with van der Waals surface area (Å²) in [6.45, 7) is 2.23. The molecule has 3 aromatic rings. The Morgan fingerprint density at radius 1 is 1.24 bits per heavy atom. The van der Waals surface area contributed by atoms with Gasteiger partial charge in [0.2, 0.25) is 0 Å². The summed E-state index contributed by atoms with van der Waals surface area (Å²) in [5.74, 6) is -0.390. The van der Waals surface area contributed by atoms with Crippen LogP contribution in [0.4, 0.5) is 11.4 Å². The van der Waals surface area contributed by atoms with E-state index in [1.807, 2.05) is 30.5 Å². The average molecular weight is 336 g/mol. The summed E-state index contributed by atoms with van der Waals surface area (Å²) in [4.78, 5) is 22.9. The van der Waals surface area contributed by atoms with Gasteiger partial charge in [0.05, 0.1) is 11.5 Å². The van der Waals surface area contributed by atoms with Gasteiger partial charge in [-0.1, -0.05) is 18.2 Å². The molecule has 0 radical (unpaired) electrons. The number of nitrogens with zero attached hydrogens (tertiary/aromatic N) is 3. The van der Waals surface area contributed by atoms with E-state index in [1.165, 1.54) is 6.07 Å². The molecule has 25 heavy (non-hydrogen) atoms. The second-order valence-electron chi connectivity index (χ2n) is 5.62. The van der Waals surface area contributed by atoms with Crippen LogP contribution >= 0.6 is 0 Å². The van der Waals surface area contributed by atoms with Gasteiger partial charge in [-0.15, -0.1) is 0 Å². The average Bonchev–Trinajstić information content (AvgIpc) is 3.08. The zero-order valence-corrected chi connectivity index (χ0v) is 13.5. The first-order valence-electron chi connectivity index (χ1n) is 7.66. The Morgan fingerprint density at radius 2 is 2.08 bits per heavy atom. The summed E-state index contributed by atoms with van der Waals surface area (Å²) < 4.78 is 1.78. The van der Waals surface area contributed by atoms with Crippen molar-refractivity contribution in [3.8, 4) is 0 Å². The first-order chi connectivity index (χ1) is 12.0. The van der Waals surface area contributed by atoms with Gasteiger partial charge < -0.3 is 5.32 Å². The summed E-state index contributed by atoms with van der Waals surface area (Å²) in [6, 6.07) is 13.7. The van der Waals surface area contributed by atoms with Crippen LogP contribution in [0, 0.1) is 17.0 Å². The van der Waals surface area contributed by atoms with Crippen LogP contribution in [0.3, 0.4) is 0 Å². The second-order valence-corrected chi connectivity index (χ2v) is 5.62. The van der Waals surface area contributed by atoms with E-state index < -0.39 is 4.92 Å². The minimum Gasteiger partial charge on any atom is -0.322 e. The summed E-state index contributed by atoms with van der Waals surface area (Å²) in [5.41, 5.74) is 2.30. The van der Waals surface area contributed by atoms with Crippen molar-refractivity contribution in [1.82, 2.24) is 9.78 Å². The summed E-state index contributed by atoms with van der Waals surface area (Å²) >= 11 is 0. The van der Waals surface area contributed by atoms with Crippen LogP contribution in [-0.2, 0) is 6.54 Å². The highest BCUT2D eigenvalue weighted by atomic mass is 16.6. The Balaban J connectivity index is 1.77. The van der Waals surface area contributed by atoms with Crippen LogP contribution < -0.4 is 5.32 Å². The number of rotatable bonds is 5. The number of hydrogen-bond donors (Lipinski definition) is 1. The van der Waals surface area contributed by atoms with Gasteiger partial charge >= 0.3 is 0 Å². The number of amides is 1. The number of aryl methyl sites for hydroxylation is 1. The van der Waals surface area contributed by atoms with Crippen molar-refractivity contribution in [3.63, 3.8) is 0 Å². The van der Waals surface area contributed by atoms with Gasteiger partial charge in [0, 0.05) is 35.3 Å². The molecule has 0 spiro atoms. The quantitative estimate of drug-likeness (QED) is 0.571. The summed E-state index contributed by atoms with van der Waals surface area (Å²) in [5, 5.41) is 17.9. The third kappa shape index (κ3) is 3.89. The fourth-order valence-corrected chi connectivity index (χ4v) is 2.48. The lowest BCUT2D eigenvalue weighted by atomic mass is 10.1. The molecule has 2 aromatic carbocycles. The molecule has 1 aromatic heterocycles. The highest BCUT2D eigenvalue weighted by Gasteiger charge is 2.15. The van der Waals surface area contributed by atoms with Gasteiger partial charge in [-0.2, -0.15) is 5.10 Å². The molecular weight excluding hydrogens is 320 g/mol. The van der Waals surface area contributed by atoms with Crippen LogP contribution in [0.1, 0.15) is 21.5 Å². The molecule has 0 unspecified atom stereocenters. The van der Waals surface area contributed by atoms with Crippen LogP contribution in [0.25, 0.3) is 0 Å². The van der Waals surface area contributed by atoms with Gasteiger partial charge in [-0.05, 0) is 36.8 Å². The number of benzene rings is 2. The Hall–Kier alpha value is -3.48. The Kier molecular flexibility index (Phi) is 4.56. The third-order valence-corrected chi connectivity index (χ3v) is 3.76. The number of nitro groups is 1. The number of carbonyl (C=O) groups excluding carboxylic acids is 1. The fourth-order valence-electron chi connectivity index (χ4n) is 2.48. The van der Waals surface area contributed by atoms with Gasteiger partial charge in [-0.3, -0.25) is 19.6 Å². The maximum atomic E-state index is 12.4. The number of nitrogens with one attached hydrogen (secondary N) is 1. The zero-order chi connectivity index (χ0) is 17.8. The molecule has 0 aliphatic heterocycles. The molecule has 7 nitrogen and oxygen atoms in total. The predicted octanol–water partition coefficient (Wildman–Crippen LogP) is 3.40. The van der Waals surface area contributed by atoms with Gasteiger partial charge in [0.25, 0.3) is 11.6 Å². The number of anilines is 1. The fraction of sp³-hybridized carbons (Fsp3) is 0.111. The molecule has 3 rings (SSSR count). The highest BCUT2D eigenvalue weighted by Crippen LogP contribution is 2.20. The Morgan fingerprint density at radius 3 is 2.80 bits per heavy atom. The molecule has 0 saturated heterocycles.